The van der Waals surface area contributed by atoms with Gasteiger partial charge in [0.25, 0.3) is 0 Å². The first-order valence-corrected chi connectivity index (χ1v) is 4.08. The van der Waals surface area contributed by atoms with Gasteiger partial charge in [0, 0.05) is 6.04 Å². The summed E-state index contributed by atoms with van der Waals surface area (Å²) >= 11 is 0. The maximum absolute atomic E-state index is 12.4. The van der Waals surface area contributed by atoms with E-state index in [1.807, 2.05) is 0 Å². The smallest absolute Gasteiger partial charge is 0.112 e. The molecule has 10 heavy (non-hydrogen) atoms. The molecule has 2 unspecified atom stereocenters. The van der Waals surface area contributed by atoms with E-state index in [-0.39, 0.29) is 6.04 Å². The van der Waals surface area contributed by atoms with Crippen molar-refractivity contribution in [3.05, 3.63) is 0 Å². The molecule has 0 rings (SSSR count). The van der Waals surface area contributed by atoms with E-state index in [0.717, 1.165) is 12.8 Å². The number of hydrogen-bond acceptors (Lipinski definition) is 1. The lowest BCUT2D eigenvalue weighted by Crippen LogP contribution is -2.29. The first-order chi connectivity index (χ1) is 4.68. The van der Waals surface area contributed by atoms with Crippen LogP contribution in [0.1, 0.15) is 39.5 Å². The molecule has 0 aliphatic rings. The summed E-state index contributed by atoms with van der Waals surface area (Å²) in [4.78, 5) is 0. The molecule has 0 bridgehead atoms. The molecule has 0 heterocycles. The van der Waals surface area contributed by atoms with Crippen molar-refractivity contribution in [1.82, 2.24) is 0 Å². The number of unbranched alkanes of at least 4 members (excludes halogenated alkanes) is 2. The second-order valence-corrected chi connectivity index (χ2v) is 2.84. The molecule has 0 aliphatic heterocycles. The van der Waals surface area contributed by atoms with Gasteiger partial charge in [-0.2, -0.15) is 0 Å². The fourth-order valence-corrected chi connectivity index (χ4v) is 0.860. The van der Waals surface area contributed by atoms with Crippen LogP contribution in [-0.4, -0.2) is 12.2 Å². The van der Waals surface area contributed by atoms with Crippen molar-refractivity contribution in [3.8, 4) is 0 Å². The number of alkyl halides is 1. The van der Waals surface area contributed by atoms with Crippen molar-refractivity contribution in [2.24, 2.45) is 5.73 Å². The second-order valence-electron chi connectivity index (χ2n) is 2.84. The van der Waals surface area contributed by atoms with E-state index in [1.165, 1.54) is 19.8 Å². The third-order valence-corrected chi connectivity index (χ3v) is 1.73. The minimum Gasteiger partial charge on any atom is -0.325 e. The molecule has 0 radical (unpaired) electrons. The predicted octanol–water partition coefficient (Wildman–Crippen LogP) is 2.25. The average Bonchev–Trinajstić information content (AvgIpc) is 1.88. The first kappa shape index (κ1) is 9.89. The molecule has 0 saturated carbocycles. The number of nitrogens with two attached hydrogens (primary N) is 1. The minimum atomic E-state index is -0.850. The lowest BCUT2D eigenvalue weighted by Gasteiger charge is -2.11. The van der Waals surface area contributed by atoms with Crippen LogP contribution in [0.3, 0.4) is 0 Å². The van der Waals surface area contributed by atoms with Gasteiger partial charge in [-0.05, 0) is 13.3 Å². The van der Waals surface area contributed by atoms with Gasteiger partial charge in [0.05, 0.1) is 0 Å². The minimum absolute atomic E-state index is 0.244. The summed E-state index contributed by atoms with van der Waals surface area (Å²) in [6, 6.07) is -0.244. The van der Waals surface area contributed by atoms with Gasteiger partial charge in [0.1, 0.15) is 6.17 Å². The Morgan fingerprint density at radius 3 is 2.40 bits per heavy atom. The summed E-state index contributed by atoms with van der Waals surface area (Å²) in [6.07, 6.45) is 3.38. The van der Waals surface area contributed by atoms with Gasteiger partial charge in [-0.3, -0.25) is 0 Å². The molecule has 0 aromatic rings. The van der Waals surface area contributed by atoms with E-state index in [1.54, 1.807) is 0 Å². The normalized spacial score (nSPS) is 16.8. The molecule has 0 amide bonds. The van der Waals surface area contributed by atoms with Crippen LogP contribution in [0.5, 0.6) is 0 Å². The zero-order valence-electron chi connectivity index (χ0n) is 6.94. The summed E-state index contributed by atoms with van der Waals surface area (Å²) in [6.45, 7) is 3.65. The van der Waals surface area contributed by atoms with E-state index in [9.17, 15) is 4.39 Å². The molecule has 0 aliphatic carbocycles. The van der Waals surface area contributed by atoms with Gasteiger partial charge in [-0.1, -0.05) is 26.2 Å². The van der Waals surface area contributed by atoms with Gasteiger partial charge < -0.3 is 5.73 Å². The van der Waals surface area contributed by atoms with Crippen LogP contribution in [0.4, 0.5) is 4.39 Å². The molecule has 0 spiro atoms. The molecule has 2 N–H and O–H groups in total. The van der Waals surface area contributed by atoms with Crippen LogP contribution in [0, 0.1) is 0 Å². The highest BCUT2D eigenvalue weighted by atomic mass is 19.1. The van der Waals surface area contributed by atoms with Gasteiger partial charge >= 0.3 is 0 Å². The van der Waals surface area contributed by atoms with Gasteiger partial charge in [-0.15, -0.1) is 0 Å². The van der Waals surface area contributed by atoms with Crippen molar-refractivity contribution in [1.29, 1.82) is 0 Å². The first-order valence-electron chi connectivity index (χ1n) is 4.08. The lowest BCUT2D eigenvalue weighted by atomic mass is 10.1. The molecular formula is C8H18FN. The largest absolute Gasteiger partial charge is 0.325 e. The van der Waals surface area contributed by atoms with Crippen LogP contribution >= 0.6 is 0 Å². The van der Waals surface area contributed by atoms with E-state index in [0.29, 0.717) is 0 Å². The van der Waals surface area contributed by atoms with Crippen LogP contribution < -0.4 is 5.73 Å². The van der Waals surface area contributed by atoms with Crippen LogP contribution in [0.2, 0.25) is 0 Å². The van der Waals surface area contributed by atoms with Crippen LogP contribution in [0.15, 0.2) is 0 Å². The Hall–Kier alpha value is -0.110. The molecule has 2 heteroatoms. The zero-order chi connectivity index (χ0) is 7.98. The second kappa shape index (κ2) is 5.66. The number of hydrogen-bond donors (Lipinski definition) is 1. The Kier molecular flexibility index (Phi) is 5.60. The molecule has 0 aromatic heterocycles. The highest BCUT2D eigenvalue weighted by Crippen LogP contribution is 2.06. The molecule has 62 valence electrons. The Morgan fingerprint density at radius 1 is 1.40 bits per heavy atom. The van der Waals surface area contributed by atoms with Crippen molar-refractivity contribution < 1.29 is 4.39 Å². The average molecular weight is 147 g/mol. The molecule has 1 nitrogen and oxygen atoms in total. The molecule has 0 saturated heterocycles. The van der Waals surface area contributed by atoms with E-state index in [4.69, 9.17) is 5.73 Å². The summed E-state index contributed by atoms with van der Waals surface area (Å²) in [5.74, 6) is 0. The third-order valence-electron chi connectivity index (χ3n) is 1.73. The monoisotopic (exact) mass is 147 g/mol. The van der Waals surface area contributed by atoms with E-state index >= 15 is 0 Å². The molecule has 0 fully saturated rings. The Morgan fingerprint density at radius 2 is 2.00 bits per heavy atom. The van der Waals surface area contributed by atoms with Crippen molar-refractivity contribution >= 4 is 0 Å². The van der Waals surface area contributed by atoms with Crippen molar-refractivity contribution in [3.63, 3.8) is 0 Å². The quantitative estimate of drug-likeness (QED) is 0.593. The fourth-order valence-electron chi connectivity index (χ4n) is 0.860. The number of halogens is 1. The van der Waals surface area contributed by atoms with Crippen molar-refractivity contribution in [2.75, 3.05) is 0 Å². The summed E-state index contributed by atoms with van der Waals surface area (Å²) in [5, 5.41) is 0. The molecular weight excluding hydrogens is 129 g/mol. The van der Waals surface area contributed by atoms with Gasteiger partial charge in [0.2, 0.25) is 0 Å². The fraction of sp³-hybridized carbons (Fsp3) is 1.00. The highest BCUT2D eigenvalue weighted by molar-refractivity contribution is 4.66. The SMILES string of the molecule is CCCCCC(N)C(C)F. The number of rotatable bonds is 5. The van der Waals surface area contributed by atoms with Crippen LogP contribution in [0.25, 0.3) is 0 Å². The topological polar surface area (TPSA) is 26.0 Å². The van der Waals surface area contributed by atoms with Gasteiger partial charge in [-0.25, -0.2) is 4.39 Å². The maximum atomic E-state index is 12.4. The van der Waals surface area contributed by atoms with E-state index in [2.05, 4.69) is 6.92 Å². The summed E-state index contributed by atoms with van der Waals surface area (Å²) in [5.41, 5.74) is 5.48. The van der Waals surface area contributed by atoms with Crippen LogP contribution in [-0.2, 0) is 0 Å². The lowest BCUT2D eigenvalue weighted by molar-refractivity contribution is 0.291. The highest BCUT2D eigenvalue weighted by Gasteiger charge is 2.09. The maximum Gasteiger partial charge on any atom is 0.112 e. The predicted molar refractivity (Wildman–Crippen MR) is 42.7 cm³/mol. The summed E-state index contributed by atoms with van der Waals surface area (Å²) in [7, 11) is 0. The Bertz CT molecular complexity index is 73.7. The molecule has 2 atom stereocenters. The Balaban J connectivity index is 3.13. The zero-order valence-corrected chi connectivity index (χ0v) is 6.94. The summed E-state index contributed by atoms with van der Waals surface area (Å²) < 4.78 is 12.4. The third kappa shape index (κ3) is 4.74. The standard InChI is InChI=1S/C8H18FN/c1-3-4-5-6-8(10)7(2)9/h7-8H,3-6,10H2,1-2H3. The van der Waals surface area contributed by atoms with E-state index < -0.39 is 6.17 Å². The molecule has 0 aromatic carbocycles. The Labute approximate surface area is 62.8 Å². The van der Waals surface area contributed by atoms with Crippen molar-refractivity contribution in [2.45, 2.75) is 51.7 Å². The van der Waals surface area contributed by atoms with Gasteiger partial charge in [0.15, 0.2) is 0 Å².